The number of nitrogens with zero attached hydrogens (tertiary/aromatic N) is 3. The predicted molar refractivity (Wildman–Crippen MR) is 150 cm³/mol. The third-order valence-corrected chi connectivity index (χ3v) is 6.62. The second-order valence-electron chi connectivity index (χ2n) is 9.06. The monoisotopic (exact) mass is 513 g/mol. The first-order valence-electron chi connectivity index (χ1n) is 13.2. The van der Waals surface area contributed by atoms with Gasteiger partial charge < -0.3 is 14.4 Å². The molecule has 0 radical (unpaired) electrons. The van der Waals surface area contributed by atoms with E-state index in [-0.39, 0.29) is 11.5 Å². The standard InChI is InChI=1S/C31H35N3O4/c1-5-8-21-33(30(35)22-13-17-24(37-4)18-14-22)28(6-2)29-32-27-12-10-9-11-26(27)31(36)34(29)23-15-19-25(20-16-23)38-7-3/h9-20,28H,5-8,21H2,1-4H3. The van der Waals surface area contributed by atoms with Gasteiger partial charge in [-0.15, -0.1) is 0 Å². The number of aromatic nitrogens is 2. The average molecular weight is 514 g/mol. The molecule has 7 nitrogen and oxygen atoms in total. The minimum atomic E-state index is -0.417. The van der Waals surface area contributed by atoms with Crippen LogP contribution in [-0.4, -0.2) is 40.6 Å². The van der Waals surface area contributed by atoms with Gasteiger partial charge in [-0.1, -0.05) is 32.4 Å². The van der Waals surface area contributed by atoms with Crippen molar-refractivity contribution < 1.29 is 14.3 Å². The van der Waals surface area contributed by atoms with Gasteiger partial charge in [-0.3, -0.25) is 14.2 Å². The Morgan fingerprint density at radius 1 is 0.947 bits per heavy atom. The van der Waals surface area contributed by atoms with Gasteiger partial charge in [0, 0.05) is 12.1 Å². The van der Waals surface area contributed by atoms with Gasteiger partial charge in [-0.2, -0.15) is 0 Å². The minimum Gasteiger partial charge on any atom is -0.497 e. The summed E-state index contributed by atoms with van der Waals surface area (Å²) in [5, 5.41) is 0.529. The topological polar surface area (TPSA) is 73.7 Å². The van der Waals surface area contributed by atoms with Gasteiger partial charge in [0.15, 0.2) is 0 Å². The average Bonchev–Trinajstić information content (AvgIpc) is 2.96. The lowest BCUT2D eigenvalue weighted by molar-refractivity contribution is 0.0656. The van der Waals surface area contributed by atoms with Gasteiger partial charge in [0.25, 0.3) is 11.5 Å². The van der Waals surface area contributed by atoms with Crippen LogP contribution in [-0.2, 0) is 0 Å². The number of amides is 1. The van der Waals surface area contributed by atoms with E-state index >= 15 is 0 Å². The van der Waals surface area contributed by atoms with E-state index in [1.54, 1.807) is 42.0 Å². The van der Waals surface area contributed by atoms with Crippen molar-refractivity contribution >= 4 is 16.8 Å². The van der Waals surface area contributed by atoms with Crippen LogP contribution in [0.1, 0.15) is 62.3 Å². The van der Waals surface area contributed by atoms with Gasteiger partial charge >= 0.3 is 0 Å². The largest absolute Gasteiger partial charge is 0.497 e. The molecule has 1 aromatic heterocycles. The fourth-order valence-electron chi connectivity index (χ4n) is 4.65. The molecule has 1 heterocycles. The van der Waals surface area contributed by atoms with Crippen LogP contribution in [0.3, 0.4) is 0 Å². The normalized spacial score (nSPS) is 11.8. The summed E-state index contributed by atoms with van der Waals surface area (Å²) in [6.07, 6.45) is 2.35. The molecule has 0 N–H and O–H groups in total. The number of para-hydroxylation sites is 1. The van der Waals surface area contributed by atoms with Crippen LogP contribution in [0.2, 0.25) is 0 Å². The number of carbonyl (C=O) groups is 1. The predicted octanol–water partition coefficient (Wildman–Crippen LogP) is 6.19. The molecule has 1 atom stereocenters. The fraction of sp³-hybridized carbons (Fsp3) is 0.323. The third-order valence-electron chi connectivity index (χ3n) is 6.62. The molecular weight excluding hydrogens is 478 g/mol. The molecular formula is C31H35N3O4. The highest BCUT2D eigenvalue weighted by Crippen LogP contribution is 2.29. The molecule has 0 aliphatic rings. The maximum absolute atomic E-state index is 13.9. The first-order chi connectivity index (χ1) is 18.5. The zero-order valence-corrected chi connectivity index (χ0v) is 22.5. The van der Waals surface area contributed by atoms with E-state index in [4.69, 9.17) is 14.5 Å². The Hall–Kier alpha value is -4.13. The minimum absolute atomic E-state index is 0.103. The van der Waals surface area contributed by atoms with Gasteiger partial charge in [-0.05, 0) is 80.4 Å². The summed E-state index contributed by atoms with van der Waals surface area (Å²) in [6.45, 7) is 7.15. The van der Waals surface area contributed by atoms with E-state index < -0.39 is 6.04 Å². The molecule has 0 aliphatic carbocycles. The zero-order chi connectivity index (χ0) is 27.1. The van der Waals surface area contributed by atoms with Gasteiger partial charge in [0.2, 0.25) is 0 Å². The maximum Gasteiger partial charge on any atom is 0.266 e. The van der Waals surface area contributed by atoms with Crippen molar-refractivity contribution in [1.82, 2.24) is 14.5 Å². The Morgan fingerprint density at radius 2 is 1.63 bits per heavy atom. The van der Waals surface area contributed by atoms with Crippen LogP contribution in [0.5, 0.6) is 11.5 Å². The van der Waals surface area contributed by atoms with Crippen LogP contribution in [0.4, 0.5) is 0 Å². The molecule has 0 saturated carbocycles. The lowest BCUT2D eigenvalue weighted by Gasteiger charge is -2.32. The molecule has 198 valence electrons. The second kappa shape index (κ2) is 12.4. The number of hydrogen-bond acceptors (Lipinski definition) is 5. The Bertz CT molecular complexity index is 1430. The smallest absolute Gasteiger partial charge is 0.266 e. The number of methoxy groups -OCH3 is 1. The summed E-state index contributed by atoms with van der Waals surface area (Å²) in [7, 11) is 1.60. The molecule has 0 spiro atoms. The number of carbonyl (C=O) groups excluding carboxylic acids is 1. The van der Waals surface area contributed by atoms with Gasteiger partial charge in [0.05, 0.1) is 36.3 Å². The molecule has 3 aromatic carbocycles. The molecule has 0 aliphatic heterocycles. The van der Waals surface area contributed by atoms with Crippen molar-refractivity contribution in [3.8, 4) is 17.2 Å². The molecule has 4 rings (SSSR count). The van der Waals surface area contributed by atoms with E-state index in [0.717, 1.165) is 18.6 Å². The number of rotatable bonds is 11. The Morgan fingerprint density at radius 3 is 2.26 bits per heavy atom. The second-order valence-corrected chi connectivity index (χ2v) is 9.06. The Balaban J connectivity index is 1.88. The van der Waals surface area contributed by atoms with Crippen molar-refractivity contribution in [2.75, 3.05) is 20.3 Å². The lowest BCUT2D eigenvalue weighted by Crippen LogP contribution is -2.39. The third kappa shape index (κ3) is 5.57. The first kappa shape index (κ1) is 26.9. The maximum atomic E-state index is 13.9. The van der Waals surface area contributed by atoms with E-state index in [0.29, 0.717) is 53.3 Å². The molecule has 7 heteroatoms. The summed E-state index contributed by atoms with van der Waals surface area (Å²) in [5.41, 5.74) is 1.69. The number of fused-ring (bicyclic) bond motifs is 1. The molecule has 0 saturated heterocycles. The van der Waals surface area contributed by atoms with Crippen LogP contribution in [0.25, 0.3) is 16.6 Å². The summed E-state index contributed by atoms with van der Waals surface area (Å²) < 4.78 is 12.5. The number of benzene rings is 3. The molecule has 38 heavy (non-hydrogen) atoms. The van der Waals surface area contributed by atoms with Crippen molar-refractivity contribution in [3.63, 3.8) is 0 Å². The highest BCUT2D eigenvalue weighted by molar-refractivity contribution is 5.94. The molecule has 4 aromatic rings. The van der Waals surface area contributed by atoms with Crippen LogP contribution in [0, 0.1) is 0 Å². The lowest BCUT2D eigenvalue weighted by atomic mass is 10.1. The van der Waals surface area contributed by atoms with Crippen molar-refractivity contribution in [1.29, 1.82) is 0 Å². The summed E-state index contributed by atoms with van der Waals surface area (Å²) in [5.74, 6) is 1.85. The highest BCUT2D eigenvalue weighted by Gasteiger charge is 2.29. The summed E-state index contributed by atoms with van der Waals surface area (Å²) in [4.78, 5) is 34.6. The zero-order valence-electron chi connectivity index (χ0n) is 22.5. The molecule has 0 fully saturated rings. The fourth-order valence-corrected chi connectivity index (χ4v) is 4.65. The molecule has 1 amide bonds. The Kier molecular flexibility index (Phi) is 8.79. The van der Waals surface area contributed by atoms with E-state index in [2.05, 4.69) is 6.92 Å². The molecule has 0 bridgehead atoms. The number of unbranched alkanes of at least 4 members (excludes halogenated alkanes) is 1. The van der Waals surface area contributed by atoms with Crippen LogP contribution in [0.15, 0.2) is 77.6 Å². The van der Waals surface area contributed by atoms with Crippen LogP contribution < -0.4 is 15.0 Å². The van der Waals surface area contributed by atoms with E-state index in [9.17, 15) is 9.59 Å². The number of hydrogen-bond donors (Lipinski definition) is 0. The SMILES string of the molecule is CCCCN(C(=O)c1ccc(OC)cc1)C(CC)c1nc2ccccc2c(=O)n1-c1ccc(OCC)cc1. The molecule has 1 unspecified atom stereocenters. The summed E-state index contributed by atoms with van der Waals surface area (Å²) in [6, 6.07) is 21.5. The van der Waals surface area contributed by atoms with E-state index in [1.165, 1.54) is 0 Å². The van der Waals surface area contributed by atoms with Crippen molar-refractivity contribution in [2.45, 2.75) is 46.1 Å². The quantitative estimate of drug-likeness (QED) is 0.239. The van der Waals surface area contributed by atoms with Gasteiger partial charge in [-0.25, -0.2) is 4.98 Å². The van der Waals surface area contributed by atoms with E-state index in [1.807, 2.05) is 61.2 Å². The number of ether oxygens (including phenoxy) is 2. The Labute approximate surface area is 223 Å². The van der Waals surface area contributed by atoms with Crippen molar-refractivity contribution in [3.05, 3.63) is 94.5 Å². The van der Waals surface area contributed by atoms with Crippen molar-refractivity contribution in [2.24, 2.45) is 0 Å². The van der Waals surface area contributed by atoms with Gasteiger partial charge in [0.1, 0.15) is 17.3 Å². The first-order valence-corrected chi connectivity index (χ1v) is 13.2. The van der Waals surface area contributed by atoms with Crippen LogP contribution >= 0.6 is 0 Å². The summed E-state index contributed by atoms with van der Waals surface area (Å²) >= 11 is 0. The highest BCUT2D eigenvalue weighted by atomic mass is 16.5.